The molecule has 0 N–H and O–H groups in total. The van der Waals surface area contributed by atoms with E-state index in [0.29, 0.717) is 6.42 Å². The number of rotatable bonds is 3. The number of benzene rings is 1. The van der Waals surface area contributed by atoms with E-state index in [4.69, 9.17) is 4.74 Å². The molecule has 0 amide bonds. The van der Waals surface area contributed by atoms with Crippen molar-refractivity contribution in [2.24, 2.45) is 4.99 Å². The fraction of sp³-hybridized carbons (Fsp3) is 0.400. The molecule has 0 spiro atoms. The number of ketones is 1. The predicted molar refractivity (Wildman–Crippen MR) is 95.0 cm³/mol. The van der Waals surface area contributed by atoms with Gasteiger partial charge in [0, 0.05) is 50.0 Å². The molecule has 0 unspecified atom stereocenters. The van der Waals surface area contributed by atoms with Crippen LogP contribution >= 0.6 is 0 Å². The average Bonchev–Trinajstić information content (AvgIpc) is 3.13. The monoisotopic (exact) mass is 322 g/mol. The van der Waals surface area contributed by atoms with Crippen molar-refractivity contribution in [2.75, 3.05) is 26.3 Å². The lowest BCUT2D eigenvalue weighted by atomic mass is 9.97. The maximum Gasteiger partial charge on any atom is 0.167 e. The second kappa shape index (κ2) is 6.46. The topological polar surface area (TPSA) is 41.9 Å². The molecule has 1 aromatic carbocycles. The number of allylic oxidation sites excluding steroid dienone is 3. The van der Waals surface area contributed by atoms with Crippen LogP contribution in [0.1, 0.15) is 30.0 Å². The summed E-state index contributed by atoms with van der Waals surface area (Å²) in [5, 5.41) is 0. The molecule has 2 aliphatic heterocycles. The summed E-state index contributed by atoms with van der Waals surface area (Å²) >= 11 is 0. The Balaban J connectivity index is 1.66. The molecule has 24 heavy (non-hydrogen) atoms. The third-order valence-corrected chi connectivity index (χ3v) is 4.90. The normalized spacial score (nSPS) is 22.7. The van der Waals surface area contributed by atoms with Crippen molar-refractivity contribution < 1.29 is 9.53 Å². The van der Waals surface area contributed by atoms with Crippen LogP contribution in [0.2, 0.25) is 0 Å². The van der Waals surface area contributed by atoms with Crippen molar-refractivity contribution in [1.82, 2.24) is 4.90 Å². The van der Waals surface area contributed by atoms with E-state index in [-0.39, 0.29) is 5.78 Å². The molecule has 0 saturated carbocycles. The zero-order chi connectivity index (χ0) is 16.5. The maximum absolute atomic E-state index is 12.6. The summed E-state index contributed by atoms with van der Waals surface area (Å²) in [5.41, 5.74) is 6.67. The van der Waals surface area contributed by atoms with Gasteiger partial charge < -0.3 is 4.74 Å². The number of ether oxygens (including phenoxy) is 1. The minimum atomic E-state index is 0.227. The van der Waals surface area contributed by atoms with Gasteiger partial charge in [-0.15, -0.1) is 0 Å². The number of carbonyl (C=O) groups excluding carboxylic acids is 1. The van der Waals surface area contributed by atoms with Crippen LogP contribution in [0.25, 0.3) is 5.57 Å². The molecule has 1 saturated heterocycles. The van der Waals surface area contributed by atoms with Gasteiger partial charge in [0.05, 0.1) is 13.2 Å². The number of fused-ring (bicyclic) bond motifs is 1. The second-order valence-corrected chi connectivity index (χ2v) is 6.74. The Morgan fingerprint density at radius 1 is 1.25 bits per heavy atom. The van der Waals surface area contributed by atoms with Crippen molar-refractivity contribution in [3.8, 4) is 0 Å². The van der Waals surface area contributed by atoms with E-state index in [0.717, 1.165) is 67.3 Å². The lowest BCUT2D eigenvalue weighted by Gasteiger charge is -2.27. The summed E-state index contributed by atoms with van der Waals surface area (Å²) in [4.78, 5) is 19.3. The summed E-state index contributed by atoms with van der Waals surface area (Å²) in [6.45, 7) is 6.39. The quantitative estimate of drug-likeness (QED) is 0.804. The Hall–Kier alpha value is -2.04. The lowest BCUT2D eigenvalue weighted by molar-refractivity contribution is -0.112. The molecule has 0 atom stereocenters. The predicted octanol–water partition coefficient (Wildman–Crippen LogP) is 2.78. The zero-order valence-corrected chi connectivity index (χ0v) is 14.0. The largest absolute Gasteiger partial charge is 0.379 e. The minimum absolute atomic E-state index is 0.227. The summed E-state index contributed by atoms with van der Waals surface area (Å²) in [5.74, 6) is 0.227. The van der Waals surface area contributed by atoms with Gasteiger partial charge in [-0.05, 0) is 35.3 Å². The van der Waals surface area contributed by atoms with E-state index in [1.165, 1.54) is 5.56 Å². The first-order valence-electron chi connectivity index (χ1n) is 8.59. The summed E-state index contributed by atoms with van der Waals surface area (Å²) < 4.78 is 5.44. The molecule has 3 aliphatic rings. The van der Waals surface area contributed by atoms with Crippen molar-refractivity contribution >= 4 is 17.1 Å². The Labute approximate surface area is 142 Å². The van der Waals surface area contributed by atoms with Crippen molar-refractivity contribution in [3.05, 3.63) is 52.7 Å². The fourth-order valence-corrected chi connectivity index (χ4v) is 3.69. The molecule has 2 heterocycles. The average molecular weight is 322 g/mol. The summed E-state index contributed by atoms with van der Waals surface area (Å²) in [7, 11) is 0. The van der Waals surface area contributed by atoms with E-state index in [1.807, 2.05) is 13.1 Å². The summed E-state index contributed by atoms with van der Waals surface area (Å²) in [6, 6.07) is 6.32. The number of carbonyl (C=O) groups is 1. The van der Waals surface area contributed by atoms with Gasteiger partial charge in [0.25, 0.3) is 0 Å². The Morgan fingerprint density at radius 3 is 2.83 bits per heavy atom. The van der Waals surface area contributed by atoms with E-state index in [9.17, 15) is 4.79 Å². The van der Waals surface area contributed by atoms with E-state index in [1.54, 1.807) is 0 Å². The van der Waals surface area contributed by atoms with Crippen molar-refractivity contribution in [1.29, 1.82) is 0 Å². The van der Waals surface area contributed by atoms with Crippen LogP contribution in [0.3, 0.4) is 0 Å². The van der Waals surface area contributed by atoms with Gasteiger partial charge in [-0.2, -0.15) is 0 Å². The molecule has 0 aromatic heterocycles. The highest BCUT2D eigenvalue weighted by Gasteiger charge is 2.28. The number of hydrogen-bond donors (Lipinski definition) is 0. The van der Waals surface area contributed by atoms with Crippen LogP contribution in [0.15, 0.2) is 41.0 Å². The number of nitrogens with zero attached hydrogens (tertiary/aromatic N) is 2. The number of morpholine rings is 1. The Kier molecular flexibility index (Phi) is 4.17. The number of hydrogen-bond acceptors (Lipinski definition) is 4. The highest BCUT2D eigenvalue weighted by Crippen LogP contribution is 2.35. The van der Waals surface area contributed by atoms with Crippen LogP contribution < -0.4 is 0 Å². The van der Waals surface area contributed by atoms with Gasteiger partial charge in [-0.1, -0.05) is 18.2 Å². The number of Topliss-reactive ketones (excluding diaryl/α,β-unsaturated/α-hetero) is 1. The number of aliphatic imine (C=N–C) groups is 1. The molecule has 4 nitrogen and oxygen atoms in total. The van der Waals surface area contributed by atoms with E-state index < -0.39 is 0 Å². The van der Waals surface area contributed by atoms with Crippen LogP contribution in [0, 0.1) is 0 Å². The highest BCUT2D eigenvalue weighted by atomic mass is 16.5. The van der Waals surface area contributed by atoms with Gasteiger partial charge in [-0.3, -0.25) is 14.7 Å². The van der Waals surface area contributed by atoms with Crippen LogP contribution in [0.4, 0.5) is 0 Å². The molecule has 1 aliphatic carbocycles. The van der Waals surface area contributed by atoms with Crippen LogP contribution in [-0.4, -0.2) is 42.7 Å². The standard InChI is InChI=1S/C20H22N2O2/c1-14-9-15(12-21-14)10-18-19(23)11-16-3-2-4-17(20(16)18)13-22-5-7-24-8-6-22/h2-4,10,12H,5-9,11,13H2,1H3/b18-10+. The molecular weight excluding hydrogens is 300 g/mol. The molecule has 4 rings (SSSR count). The van der Waals surface area contributed by atoms with Crippen molar-refractivity contribution in [3.63, 3.8) is 0 Å². The zero-order valence-electron chi connectivity index (χ0n) is 14.0. The van der Waals surface area contributed by atoms with Crippen molar-refractivity contribution in [2.45, 2.75) is 26.3 Å². The second-order valence-electron chi connectivity index (χ2n) is 6.74. The minimum Gasteiger partial charge on any atom is -0.379 e. The molecule has 1 aromatic rings. The summed E-state index contributed by atoms with van der Waals surface area (Å²) in [6.07, 6.45) is 5.30. The third kappa shape index (κ3) is 2.99. The molecule has 0 bridgehead atoms. The third-order valence-electron chi connectivity index (χ3n) is 4.90. The van der Waals surface area contributed by atoms with Gasteiger partial charge in [0.2, 0.25) is 0 Å². The highest BCUT2D eigenvalue weighted by molar-refractivity contribution is 6.26. The Morgan fingerprint density at radius 2 is 2.08 bits per heavy atom. The smallest absolute Gasteiger partial charge is 0.167 e. The molecule has 124 valence electrons. The van der Waals surface area contributed by atoms with Gasteiger partial charge >= 0.3 is 0 Å². The first-order chi connectivity index (χ1) is 11.7. The van der Waals surface area contributed by atoms with Gasteiger partial charge in [0.1, 0.15) is 0 Å². The molecule has 4 heteroatoms. The van der Waals surface area contributed by atoms with Crippen LogP contribution in [-0.2, 0) is 22.5 Å². The molecule has 0 radical (unpaired) electrons. The first kappa shape index (κ1) is 15.5. The van der Waals surface area contributed by atoms with E-state index >= 15 is 0 Å². The van der Waals surface area contributed by atoms with Gasteiger partial charge in [-0.25, -0.2) is 0 Å². The SMILES string of the molecule is CC1=NC=C(/C=C2\C(=O)Cc3cccc(CN4CCOCC4)c32)C1. The lowest BCUT2D eigenvalue weighted by Crippen LogP contribution is -2.35. The molecule has 1 fully saturated rings. The van der Waals surface area contributed by atoms with Crippen LogP contribution in [0.5, 0.6) is 0 Å². The Bertz CT molecular complexity index is 768. The maximum atomic E-state index is 12.6. The van der Waals surface area contributed by atoms with Gasteiger partial charge in [0.15, 0.2) is 5.78 Å². The first-order valence-corrected chi connectivity index (χ1v) is 8.59. The molecular formula is C20H22N2O2. The fourth-order valence-electron chi connectivity index (χ4n) is 3.69. The van der Waals surface area contributed by atoms with E-state index in [2.05, 4.69) is 34.2 Å².